The molecular formula is C18H17F3N2O3. The maximum atomic E-state index is 12.6. The summed E-state index contributed by atoms with van der Waals surface area (Å²) in [5, 5.41) is 0. The lowest BCUT2D eigenvalue weighted by Gasteiger charge is -2.38. The largest absolute Gasteiger partial charge is 0.497 e. The molecule has 1 aliphatic rings. The van der Waals surface area contributed by atoms with E-state index in [-0.39, 0.29) is 24.3 Å². The van der Waals surface area contributed by atoms with Crippen molar-refractivity contribution in [2.75, 3.05) is 20.2 Å². The number of nitrogens with zero attached hydrogens (tertiary/aromatic N) is 2. The number of halogens is 3. The van der Waals surface area contributed by atoms with Gasteiger partial charge in [-0.25, -0.2) is 4.98 Å². The third-order valence-corrected chi connectivity index (χ3v) is 4.02. The molecule has 1 saturated heterocycles. The van der Waals surface area contributed by atoms with E-state index in [0.29, 0.717) is 18.8 Å². The van der Waals surface area contributed by atoms with Crippen molar-refractivity contribution in [1.82, 2.24) is 9.88 Å². The van der Waals surface area contributed by atoms with Crippen molar-refractivity contribution in [1.29, 1.82) is 0 Å². The van der Waals surface area contributed by atoms with Crippen LogP contribution in [0.3, 0.4) is 0 Å². The van der Waals surface area contributed by atoms with Crippen LogP contribution in [-0.2, 0) is 17.4 Å². The fourth-order valence-corrected chi connectivity index (χ4v) is 2.56. The minimum absolute atomic E-state index is 0.0629. The smallest absolute Gasteiger partial charge is 0.433 e. The standard InChI is InChI=1S/C18H17F3N2O3/c1-25-13-7-5-12(6-8-13)9-17(24)23-10-14(11-23)26-16-4-2-3-15(22-16)18(19,20)21/h2-8,14H,9-11H2,1H3. The molecule has 1 fully saturated rings. The zero-order chi connectivity index (χ0) is 18.7. The van der Waals surface area contributed by atoms with Crippen LogP contribution < -0.4 is 9.47 Å². The molecule has 1 aliphatic heterocycles. The number of pyridine rings is 1. The maximum absolute atomic E-state index is 12.6. The number of benzene rings is 1. The van der Waals surface area contributed by atoms with Gasteiger partial charge in [0.1, 0.15) is 17.5 Å². The first-order valence-electron chi connectivity index (χ1n) is 7.97. The molecule has 138 valence electrons. The summed E-state index contributed by atoms with van der Waals surface area (Å²) in [5.74, 6) is 0.561. The molecule has 0 radical (unpaired) electrons. The molecule has 0 N–H and O–H groups in total. The number of rotatable bonds is 5. The summed E-state index contributed by atoms with van der Waals surface area (Å²) >= 11 is 0. The summed E-state index contributed by atoms with van der Waals surface area (Å²) in [6.45, 7) is 0.653. The Morgan fingerprint density at radius 2 is 1.88 bits per heavy atom. The Kier molecular flexibility index (Phi) is 5.01. The maximum Gasteiger partial charge on any atom is 0.433 e. The monoisotopic (exact) mass is 366 g/mol. The number of ether oxygens (including phenoxy) is 2. The highest BCUT2D eigenvalue weighted by molar-refractivity contribution is 5.79. The molecule has 3 rings (SSSR count). The third-order valence-electron chi connectivity index (χ3n) is 4.02. The first-order chi connectivity index (χ1) is 12.3. The molecule has 0 atom stereocenters. The highest BCUT2D eigenvalue weighted by atomic mass is 19.4. The molecule has 2 aromatic rings. The number of carbonyl (C=O) groups excluding carboxylic acids is 1. The van der Waals surface area contributed by atoms with Gasteiger partial charge in [0.25, 0.3) is 0 Å². The number of aromatic nitrogens is 1. The Bertz CT molecular complexity index is 772. The van der Waals surface area contributed by atoms with Gasteiger partial charge in [0.2, 0.25) is 11.8 Å². The van der Waals surface area contributed by atoms with E-state index in [0.717, 1.165) is 11.6 Å². The highest BCUT2D eigenvalue weighted by Crippen LogP contribution is 2.29. The van der Waals surface area contributed by atoms with Crippen LogP contribution in [0.15, 0.2) is 42.5 Å². The topological polar surface area (TPSA) is 51.7 Å². The van der Waals surface area contributed by atoms with Gasteiger partial charge in [-0.05, 0) is 23.8 Å². The summed E-state index contributed by atoms with van der Waals surface area (Å²) < 4.78 is 48.4. The molecule has 2 heterocycles. The Morgan fingerprint density at radius 3 is 2.50 bits per heavy atom. The molecule has 0 bridgehead atoms. The second-order valence-electron chi connectivity index (χ2n) is 5.92. The molecule has 1 aromatic heterocycles. The Labute approximate surface area is 148 Å². The summed E-state index contributed by atoms with van der Waals surface area (Å²) in [5.41, 5.74) is -0.138. The van der Waals surface area contributed by atoms with Gasteiger partial charge < -0.3 is 14.4 Å². The second-order valence-corrected chi connectivity index (χ2v) is 5.92. The van der Waals surface area contributed by atoms with E-state index in [4.69, 9.17) is 9.47 Å². The zero-order valence-corrected chi connectivity index (χ0v) is 14.0. The molecule has 1 aromatic carbocycles. The Morgan fingerprint density at radius 1 is 1.19 bits per heavy atom. The van der Waals surface area contributed by atoms with Gasteiger partial charge in [-0.2, -0.15) is 13.2 Å². The number of amides is 1. The van der Waals surface area contributed by atoms with Crippen LogP contribution >= 0.6 is 0 Å². The van der Waals surface area contributed by atoms with Crippen molar-refractivity contribution < 1.29 is 27.4 Å². The van der Waals surface area contributed by atoms with Gasteiger partial charge in [0.05, 0.1) is 26.6 Å². The van der Waals surface area contributed by atoms with E-state index in [1.165, 1.54) is 12.1 Å². The van der Waals surface area contributed by atoms with Crippen LogP contribution in [0, 0.1) is 0 Å². The second kappa shape index (κ2) is 7.23. The average Bonchev–Trinajstić information content (AvgIpc) is 2.58. The molecule has 8 heteroatoms. The normalized spacial score (nSPS) is 14.7. The summed E-state index contributed by atoms with van der Waals surface area (Å²) in [6, 6.07) is 10.7. The van der Waals surface area contributed by atoms with Gasteiger partial charge >= 0.3 is 6.18 Å². The number of likely N-dealkylation sites (tertiary alicyclic amines) is 1. The van der Waals surface area contributed by atoms with Crippen molar-refractivity contribution in [2.24, 2.45) is 0 Å². The quantitative estimate of drug-likeness (QED) is 0.817. The van der Waals surface area contributed by atoms with E-state index in [1.54, 1.807) is 24.1 Å². The molecule has 0 spiro atoms. The number of hydrogen-bond acceptors (Lipinski definition) is 4. The van der Waals surface area contributed by atoms with Crippen LogP contribution in [0.4, 0.5) is 13.2 Å². The SMILES string of the molecule is COc1ccc(CC(=O)N2CC(Oc3cccc(C(F)(F)F)n3)C2)cc1. The van der Waals surface area contributed by atoms with Crippen LogP contribution in [0.1, 0.15) is 11.3 Å². The van der Waals surface area contributed by atoms with E-state index in [9.17, 15) is 18.0 Å². The molecule has 0 unspecified atom stereocenters. The van der Waals surface area contributed by atoms with E-state index < -0.39 is 11.9 Å². The summed E-state index contributed by atoms with van der Waals surface area (Å²) in [4.78, 5) is 17.3. The van der Waals surface area contributed by atoms with Crippen molar-refractivity contribution in [3.8, 4) is 11.6 Å². The Balaban J connectivity index is 1.50. The van der Waals surface area contributed by atoms with E-state index in [1.807, 2.05) is 12.1 Å². The highest BCUT2D eigenvalue weighted by Gasteiger charge is 2.35. The lowest BCUT2D eigenvalue weighted by molar-refractivity contribution is -0.141. The fourth-order valence-electron chi connectivity index (χ4n) is 2.56. The lowest BCUT2D eigenvalue weighted by Crippen LogP contribution is -2.56. The van der Waals surface area contributed by atoms with Crippen LogP contribution in [-0.4, -0.2) is 42.1 Å². The number of hydrogen-bond donors (Lipinski definition) is 0. The summed E-state index contributed by atoms with van der Waals surface area (Å²) in [6.07, 6.45) is -4.62. The molecular weight excluding hydrogens is 349 g/mol. The van der Waals surface area contributed by atoms with Gasteiger partial charge in [-0.3, -0.25) is 4.79 Å². The number of alkyl halides is 3. The van der Waals surface area contributed by atoms with E-state index >= 15 is 0 Å². The van der Waals surface area contributed by atoms with Gasteiger partial charge in [0, 0.05) is 6.07 Å². The van der Waals surface area contributed by atoms with Crippen molar-refractivity contribution >= 4 is 5.91 Å². The molecule has 0 aliphatic carbocycles. The molecule has 1 amide bonds. The molecule has 26 heavy (non-hydrogen) atoms. The van der Waals surface area contributed by atoms with Gasteiger partial charge in [0.15, 0.2) is 0 Å². The summed E-state index contributed by atoms with van der Waals surface area (Å²) in [7, 11) is 1.57. The van der Waals surface area contributed by atoms with Crippen LogP contribution in [0.2, 0.25) is 0 Å². The third kappa shape index (κ3) is 4.25. The van der Waals surface area contributed by atoms with Gasteiger partial charge in [-0.15, -0.1) is 0 Å². The first kappa shape index (κ1) is 18.0. The molecule has 0 saturated carbocycles. The zero-order valence-electron chi connectivity index (χ0n) is 14.0. The first-order valence-corrected chi connectivity index (χ1v) is 7.97. The van der Waals surface area contributed by atoms with Gasteiger partial charge in [-0.1, -0.05) is 18.2 Å². The minimum Gasteiger partial charge on any atom is -0.497 e. The van der Waals surface area contributed by atoms with Crippen molar-refractivity contribution in [2.45, 2.75) is 18.7 Å². The average molecular weight is 366 g/mol. The van der Waals surface area contributed by atoms with Crippen molar-refractivity contribution in [3.05, 3.63) is 53.7 Å². The number of methoxy groups -OCH3 is 1. The Hall–Kier alpha value is -2.77. The van der Waals surface area contributed by atoms with Crippen LogP contribution in [0.25, 0.3) is 0 Å². The predicted octanol–water partition coefficient (Wildman–Crippen LogP) is 2.94. The van der Waals surface area contributed by atoms with Crippen LogP contribution in [0.5, 0.6) is 11.6 Å². The number of carbonyl (C=O) groups is 1. The molecule has 5 nitrogen and oxygen atoms in total. The van der Waals surface area contributed by atoms with E-state index in [2.05, 4.69) is 4.98 Å². The lowest BCUT2D eigenvalue weighted by atomic mass is 10.1. The minimum atomic E-state index is -4.51. The fraction of sp³-hybridized carbons (Fsp3) is 0.333. The predicted molar refractivity (Wildman–Crippen MR) is 86.9 cm³/mol. The van der Waals surface area contributed by atoms with Crippen molar-refractivity contribution in [3.63, 3.8) is 0 Å².